The summed E-state index contributed by atoms with van der Waals surface area (Å²) in [7, 11) is 0. The lowest BCUT2D eigenvalue weighted by molar-refractivity contribution is -0.137. The van der Waals surface area contributed by atoms with Crippen LogP contribution in [0.3, 0.4) is 0 Å². The fourth-order valence-corrected chi connectivity index (χ4v) is 1.91. The molecule has 5 nitrogen and oxygen atoms in total. The van der Waals surface area contributed by atoms with Crippen molar-refractivity contribution >= 4 is 23.2 Å². The Bertz CT molecular complexity index is 759. The number of rotatable bonds is 5. The molecule has 0 radical (unpaired) electrons. The van der Waals surface area contributed by atoms with Gasteiger partial charge in [0.1, 0.15) is 11.6 Å². The van der Waals surface area contributed by atoms with E-state index < -0.39 is 17.6 Å². The molecule has 0 bridgehead atoms. The third-order valence-electron chi connectivity index (χ3n) is 3.10. The van der Waals surface area contributed by atoms with Crippen LogP contribution >= 0.6 is 0 Å². The van der Waals surface area contributed by atoms with Gasteiger partial charge < -0.3 is 16.4 Å². The molecule has 0 fully saturated rings. The topological polar surface area (TPSA) is 80.0 Å². The van der Waals surface area contributed by atoms with Gasteiger partial charge in [0.15, 0.2) is 0 Å². The number of nitrogens with zero attached hydrogens (tertiary/aromatic N) is 1. The molecule has 0 saturated heterocycles. The second-order valence-electron chi connectivity index (χ2n) is 4.87. The minimum atomic E-state index is -4.39. The number of hydrogen-bond donors (Lipinski definition) is 3. The van der Waals surface area contributed by atoms with E-state index in [9.17, 15) is 18.0 Å². The molecular formula is C16H15F3N4O. The average Bonchev–Trinajstić information content (AvgIpc) is 2.54. The summed E-state index contributed by atoms with van der Waals surface area (Å²) in [5.74, 6) is 0.0360. The largest absolute Gasteiger partial charge is 0.416 e. The summed E-state index contributed by atoms with van der Waals surface area (Å²) < 4.78 is 38.0. The van der Waals surface area contributed by atoms with Crippen molar-refractivity contribution in [1.29, 1.82) is 0 Å². The molecular weight excluding hydrogens is 321 g/mol. The predicted octanol–water partition coefficient (Wildman–Crippen LogP) is 3.42. The molecule has 0 aliphatic rings. The van der Waals surface area contributed by atoms with Gasteiger partial charge in [-0.15, -0.1) is 0 Å². The van der Waals surface area contributed by atoms with Crippen molar-refractivity contribution < 1.29 is 18.0 Å². The van der Waals surface area contributed by atoms with Gasteiger partial charge in [-0.1, -0.05) is 18.7 Å². The first kappa shape index (κ1) is 17.3. The van der Waals surface area contributed by atoms with Crippen molar-refractivity contribution in [3.05, 3.63) is 60.2 Å². The van der Waals surface area contributed by atoms with Crippen molar-refractivity contribution in [2.75, 3.05) is 16.4 Å². The van der Waals surface area contributed by atoms with Crippen LogP contribution in [0.1, 0.15) is 11.1 Å². The summed E-state index contributed by atoms with van der Waals surface area (Å²) in [5, 5.41) is 5.37. The van der Waals surface area contributed by atoms with Crippen LogP contribution in [0.4, 0.5) is 30.5 Å². The Morgan fingerprint density at radius 1 is 1.29 bits per heavy atom. The Hall–Kier alpha value is -3.03. The second kappa shape index (κ2) is 7.03. The van der Waals surface area contributed by atoms with E-state index in [4.69, 9.17) is 5.73 Å². The van der Waals surface area contributed by atoms with Gasteiger partial charge in [-0.2, -0.15) is 13.2 Å². The van der Waals surface area contributed by atoms with Crippen molar-refractivity contribution in [3.63, 3.8) is 0 Å². The lowest BCUT2D eigenvalue weighted by Gasteiger charge is -2.11. The maximum absolute atomic E-state index is 12.7. The van der Waals surface area contributed by atoms with Gasteiger partial charge in [-0.05, 0) is 35.9 Å². The van der Waals surface area contributed by atoms with Crippen LogP contribution in [0.2, 0.25) is 0 Å². The number of carbonyl (C=O) groups is 1. The zero-order valence-corrected chi connectivity index (χ0v) is 12.5. The number of nitrogens with two attached hydrogens (primary N) is 1. The SMILES string of the molecule is C=CC(=O)Nc1ccc(NCc2cccc(C(F)(F)F)c2)nc1N. The number of benzene rings is 1. The maximum Gasteiger partial charge on any atom is 0.416 e. The number of pyridine rings is 1. The minimum Gasteiger partial charge on any atom is -0.382 e. The summed E-state index contributed by atoms with van der Waals surface area (Å²) in [6.07, 6.45) is -3.29. The molecule has 4 N–H and O–H groups in total. The minimum absolute atomic E-state index is 0.0826. The second-order valence-corrected chi connectivity index (χ2v) is 4.87. The summed E-state index contributed by atoms with van der Waals surface area (Å²) in [6.45, 7) is 3.47. The third-order valence-corrected chi connectivity index (χ3v) is 3.10. The quantitative estimate of drug-likeness (QED) is 0.731. The molecule has 1 heterocycles. The highest BCUT2D eigenvalue weighted by Crippen LogP contribution is 2.29. The van der Waals surface area contributed by atoms with Crippen molar-refractivity contribution in [3.8, 4) is 0 Å². The standard InChI is InChI=1S/C16H15F3N4O/c1-2-14(24)22-12-6-7-13(23-15(12)20)21-9-10-4-3-5-11(8-10)16(17,18)19/h2-8H,1,9H2,(H,22,24)(H3,20,21,23). The molecule has 1 amide bonds. The summed E-state index contributed by atoms with van der Waals surface area (Å²) in [5.41, 5.74) is 5.79. The number of halogens is 3. The molecule has 1 aromatic carbocycles. The molecule has 0 unspecified atom stereocenters. The van der Waals surface area contributed by atoms with Crippen LogP contribution in [-0.4, -0.2) is 10.9 Å². The molecule has 0 saturated carbocycles. The third kappa shape index (κ3) is 4.48. The first-order chi connectivity index (χ1) is 11.3. The monoisotopic (exact) mass is 336 g/mol. The van der Waals surface area contributed by atoms with Gasteiger partial charge in [-0.25, -0.2) is 4.98 Å². The zero-order chi connectivity index (χ0) is 17.7. The Labute approximate surface area is 136 Å². The van der Waals surface area contributed by atoms with Gasteiger partial charge in [0.05, 0.1) is 11.3 Å². The van der Waals surface area contributed by atoms with Crippen LogP contribution in [0.15, 0.2) is 49.1 Å². The average molecular weight is 336 g/mol. The smallest absolute Gasteiger partial charge is 0.382 e. The Morgan fingerprint density at radius 3 is 2.67 bits per heavy atom. The summed E-state index contributed by atoms with van der Waals surface area (Å²) in [4.78, 5) is 15.3. The molecule has 0 spiro atoms. The van der Waals surface area contributed by atoms with E-state index in [0.717, 1.165) is 18.2 Å². The van der Waals surface area contributed by atoms with Crippen LogP contribution in [0.25, 0.3) is 0 Å². The van der Waals surface area contributed by atoms with Crippen LogP contribution in [0, 0.1) is 0 Å². The highest BCUT2D eigenvalue weighted by atomic mass is 19.4. The van der Waals surface area contributed by atoms with E-state index in [1.165, 1.54) is 12.1 Å². The van der Waals surface area contributed by atoms with Gasteiger partial charge in [0, 0.05) is 6.54 Å². The molecule has 0 aliphatic carbocycles. The molecule has 2 aromatic rings. The first-order valence-corrected chi connectivity index (χ1v) is 6.89. The molecule has 126 valence electrons. The van der Waals surface area contributed by atoms with Crippen molar-refractivity contribution in [1.82, 2.24) is 4.98 Å². The normalized spacial score (nSPS) is 11.0. The van der Waals surface area contributed by atoms with E-state index in [2.05, 4.69) is 22.2 Å². The van der Waals surface area contributed by atoms with Crippen LogP contribution in [-0.2, 0) is 17.5 Å². The van der Waals surface area contributed by atoms with E-state index in [-0.39, 0.29) is 12.4 Å². The van der Waals surface area contributed by atoms with Crippen molar-refractivity contribution in [2.24, 2.45) is 0 Å². The predicted molar refractivity (Wildman–Crippen MR) is 86.2 cm³/mol. The Balaban J connectivity index is 2.06. The lowest BCUT2D eigenvalue weighted by atomic mass is 10.1. The summed E-state index contributed by atoms with van der Waals surface area (Å²) in [6, 6.07) is 8.09. The van der Waals surface area contributed by atoms with E-state index >= 15 is 0 Å². The number of aromatic nitrogens is 1. The van der Waals surface area contributed by atoms with Gasteiger partial charge in [0.25, 0.3) is 0 Å². The van der Waals surface area contributed by atoms with E-state index in [1.54, 1.807) is 12.1 Å². The number of hydrogen-bond acceptors (Lipinski definition) is 4. The van der Waals surface area contributed by atoms with Gasteiger partial charge in [0.2, 0.25) is 5.91 Å². The fraction of sp³-hybridized carbons (Fsp3) is 0.125. The highest BCUT2D eigenvalue weighted by Gasteiger charge is 2.30. The fourth-order valence-electron chi connectivity index (χ4n) is 1.91. The van der Waals surface area contributed by atoms with Crippen LogP contribution < -0.4 is 16.4 Å². The first-order valence-electron chi connectivity index (χ1n) is 6.89. The lowest BCUT2D eigenvalue weighted by Crippen LogP contribution is -2.11. The van der Waals surface area contributed by atoms with E-state index in [0.29, 0.717) is 17.1 Å². The molecule has 1 aromatic heterocycles. The number of alkyl halides is 3. The molecule has 0 atom stereocenters. The highest BCUT2D eigenvalue weighted by molar-refractivity contribution is 6.00. The van der Waals surface area contributed by atoms with Gasteiger partial charge >= 0.3 is 6.18 Å². The number of anilines is 3. The number of amides is 1. The molecule has 24 heavy (non-hydrogen) atoms. The zero-order valence-electron chi connectivity index (χ0n) is 12.5. The molecule has 0 aliphatic heterocycles. The maximum atomic E-state index is 12.7. The van der Waals surface area contributed by atoms with Gasteiger partial charge in [-0.3, -0.25) is 4.79 Å². The number of carbonyl (C=O) groups excluding carboxylic acids is 1. The van der Waals surface area contributed by atoms with Crippen LogP contribution in [0.5, 0.6) is 0 Å². The van der Waals surface area contributed by atoms with E-state index in [1.807, 2.05) is 0 Å². The summed E-state index contributed by atoms with van der Waals surface area (Å²) >= 11 is 0. The Morgan fingerprint density at radius 2 is 2.04 bits per heavy atom. The number of nitrogens with one attached hydrogen (secondary N) is 2. The number of nitrogen functional groups attached to an aromatic ring is 1. The molecule has 8 heteroatoms. The van der Waals surface area contributed by atoms with Crippen molar-refractivity contribution in [2.45, 2.75) is 12.7 Å². The molecule has 2 rings (SSSR count). The Kier molecular flexibility index (Phi) is 5.08.